The highest BCUT2D eigenvalue weighted by Crippen LogP contribution is 2.35. The van der Waals surface area contributed by atoms with E-state index in [1.165, 1.54) is 31.4 Å². The van der Waals surface area contributed by atoms with Gasteiger partial charge in [0.05, 0.1) is 19.0 Å². The Balaban J connectivity index is 1.80. The molecule has 1 aromatic heterocycles. The van der Waals surface area contributed by atoms with E-state index in [9.17, 15) is 0 Å². The van der Waals surface area contributed by atoms with Crippen LogP contribution in [0.3, 0.4) is 0 Å². The fourth-order valence-corrected chi connectivity index (χ4v) is 3.00. The Morgan fingerprint density at radius 2 is 2.20 bits per heavy atom. The second-order valence-electron chi connectivity index (χ2n) is 6.14. The topological polar surface area (TPSA) is 37.4 Å². The fraction of sp³-hybridized carbons (Fsp3) is 0.688. The molecule has 3 rings (SSSR count). The Bertz CT molecular complexity index is 453. The number of aryl methyl sites for hydroxylation is 1. The molecule has 1 atom stereocenters. The number of nitrogens with zero attached hydrogens (tertiary/aromatic N) is 2. The van der Waals surface area contributed by atoms with Crippen LogP contribution in [-0.4, -0.2) is 37.8 Å². The molecule has 110 valence electrons. The number of anilines is 1. The molecule has 2 aliphatic rings. The molecular formula is C16H25N3O. The molecule has 2 heterocycles. The van der Waals surface area contributed by atoms with Crippen LogP contribution in [0.1, 0.15) is 31.4 Å². The number of rotatable bonds is 6. The third-order valence-corrected chi connectivity index (χ3v) is 4.32. The number of methoxy groups -OCH3 is 1. The van der Waals surface area contributed by atoms with Gasteiger partial charge in [0, 0.05) is 24.8 Å². The van der Waals surface area contributed by atoms with E-state index in [1.54, 1.807) is 7.11 Å². The van der Waals surface area contributed by atoms with Gasteiger partial charge in [-0.3, -0.25) is 4.98 Å². The summed E-state index contributed by atoms with van der Waals surface area (Å²) in [6.45, 7) is 5.44. The highest BCUT2D eigenvalue weighted by atomic mass is 16.5. The molecular weight excluding hydrogens is 250 g/mol. The minimum absolute atomic E-state index is 0.618. The van der Waals surface area contributed by atoms with Crippen LogP contribution in [0.2, 0.25) is 0 Å². The van der Waals surface area contributed by atoms with E-state index in [2.05, 4.69) is 21.3 Å². The van der Waals surface area contributed by atoms with Gasteiger partial charge in [0.25, 0.3) is 0 Å². The van der Waals surface area contributed by atoms with Crippen molar-refractivity contribution in [1.82, 2.24) is 10.3 Å². The molecule has 1 N–H and O–H groups in total. The summed E-state index contributed by atoms with van der Waals surface area (Å²) in [7, 11) is 1.74. The van der Waals surface area contributed by atoms with Crippen molar-refractivity contribution >= 4 is 5.69 Å². The van der Waals surface area contributed by atoms with Crippen molar-refractivity contribution in [2.45, 2.75) is 38.6 Å². The lowest BCUT2D eigenvalue weighted by Crippen LogP contribution is -2.39. The van der Waals surface area contributed by atoms with Gasteiger partial charge in [0.1, 0.15) is 0 Å². The quantitative estimate of drug-likeness (QED) is 0.865. The van der Waals surface area contributed by atoms with Gasteiger partial charge >= 0.3 is 0 Å². The van der Waals surface area contributed by atoms with Crippen molar-refractivity contribution in [3.8, 4) is 5.75 Å². The average Bonchev–Trinajstić information content (AvgIpc) is 3.12. The molecule has 0 aromatic carbocycles. The van der Waals surface area contributed by atoms with Crippen LogP contribution in [0.25, 0.3) is 0 Å². The summed E-state index contributed by atoms with van der Waals surface area (Å²) in [5, 5.41) is 3.60. The van der Waals surface area contributed by atoms with Crippen LogP contribution in [0.5, 0.6) is 5.75 Å². The maximum Gasteiger partial charge on any atom is 0.160 e. The van der Waals surface area contributed by atoms with Crippen molar-refractivity contribution in [1.29, 1.82) is 0 Å². The molecule has 0 bridgehead atoms. The molecule has 1 aliphatic carbocycles. The maximum absolute atomic E-state index is 5.52. The van der Waals surface area contributed by atoms with E-state index in [0.29, 0.717) is 6.04 Å². The van der Waals surface area contributed by atoms with Crippen LogP contribution in [0.15, 0.2) is 12.3 Å². The summed E-state index contributed by atoms with van der Waals surface area (Å²) in [5.74, 6) is 1.77. The number of hydrogen-bond acceptors (Lipinski definition) is 4. The van der Waals surface area contributed by atoms with Gasteiger partial charge < -0.3 is 15.0 Å². The smallest absolute Gasteiger partial charge is 0.160 e. The molecule has 1 unspecified atom stereocenters. The lowest BCUT2D eigenvalue weighted by Gasteiger charge is -2.29. The third kappa shape index (κ3) is 3.23. The first-order valence-electron chi connectivity index (χ1n) is 7.75. The largest absolute Gasteiger partial charge is 0.493 e. The van der Waals surface area contributed by atoms with Gasteiger partial charge in [-0.25, -0.2) is 0 Å². The summed E-state index contributed by atoms with van der Waals surface area (Å²) in [4.78, 5) is 6.86. The monoisotopic (exact) mass is 275 g/mol. The summed E-state index contributed by atoms with van der Waals surface area (Å²) in [5.41, 5.74) is 2.27. The first kappa shape index (κ1) is 13.7. The Morgan fingerprint density at radius 3 is 2.85 bits per heavy atom. The minimum Gasteiger partial charge on any atom is -0.493 e. The number of nitrogens with one attached hydrogen (secondary N) is 1. The molecule has 20 heavy (non-hydrogen) atoms. The number of pyridine rings is 1. The maximum atomic E-state index is 5.52. The van der Waals surface area contributed by atoms with E-state index in [-0.39, 0.29) is 0 Å². The van der Waals surface area contributed by atoms with Crippen molar-refractivity contribution < 1.29 is 4.74 Å². The lowest BCUT2D eigenvalue weighted by molar-refractivity contribution is 0.411. The average molecular weight is 275 g/mol. The highest BCUT2D eigenvalue weighted by Gasteiger charge is 2.28. The molecule has 1 saturated heterocycles. The van der Waals surface area contributed by atoms with E-state index in [4.69, 9.17) is 4.74 Å². The van der Waals surface area contributed by atoms with Crippen LogP contribution in [0, 0.1) is 12.8 Å². The van der Waals surface area contributed by atoms with E-state index in [0.717, 1.165) is 37.0 Å². The molecule has 0 spiro atoms. The summed E-state index contributed by atoms with van der Waals surface area (Å²) < 4.78 is 5.52. The van der Waals surface area contributed by atoms with Crippen molar-refractivity contribution in [3.63, 3.8) is 0 Å². The zero-order chi connectivity index (χ0) is 13.9. The predicted molar refractivity (Wildman–Crippen MR) is 81.5 cm³/mol. The van der Waals surface area contributed by atoms with Crippen LogP contribution in [0.4, 0.5) is 5.69 Å². The van der Waals surface area contributed by atoms with Gasteiger partial charge in [-0.1, -0.05) is 0 Å². The molecule has 2 fully saturated rings. The van der Waals surface area contributed by atoms with Crippen LogP contribution < -0.4 is 15.0 Å². The van der Waals surface area contributed by atoms with E-state index < -0.39 is 0 Å². The molecule has 0 radical (unpaired) electrons. The standard InChI is InChI=1S/C16H25N3O/c1-12-8-15(16(20-2)9-18-12)19(10-13-5-6-13)11-14-4-3-7-17-14/h8-9,13-14,17H,3-7,10-11H2,1-2H3. The van der Waals surface area contributed by atoms with Gasteiger partial charge in [0.2, 0.25) is 0 Å². The zero-order valence-corrected chi connectivity index (χ0v) is 12.6. The molecule has 4 nitrogen and oxygen atoms in total. The van der Waals surface area contributed by atoms with Crippen LogP contribution >= 0.6 is 0 Å². The van der Waals surface area contributed by atoms with Gasteiger partial charge in [-0.15, -0.1) is 0 Å². The Kier molecular flexibility index (Phi) is 4.10. The van der Waals surface area contributed by atoms with Crippen molar-refractivity contribution in [2.75, 3.05) is 31.6 Å². The van der Waals surface area contributed by atoms with Crippen molar-refractivity contribution in [2.24, 2.45) is 5.92 Å². The van der Waals surface area contributed by atoms with Gasteiger partial charge in [0.15, 0.2) is 5.75 Å². The van der Waals surface area contributed by atoms with Gasteiger partial charge in [-0.05, 0) is 51.1 Å². The number of ether oxygens (including phenoxy) is 1. The summed E-state index contributed by atoms with van der Waals surface area (Å²) >= 11 is 0. The molecule has 1 aromatic rings. The second kappa shape index (κ2) is 6.00. The molecule has 0 amide bonds. The van der Waals surface area contributed by atoms with E-state index in [1.807, 2.05) is 13.1 Å². The number of hydrogen-bond donors (Lipinski definition) is 1. The minimum atomic E-state index is 0.618. The lowest BCUT2D eigenvalue weighted by atomic mass is 10.2. The Morgan fingerprint density at radius 1 is 1.35 bits per heavy atom. The molecule has 1 aliphatic heterocycles. The van der Waals surface area contributed by atoms with Gasteiger partial charge in [-0.2, -0.15) is 0 Å². The third-order valence-electron chi connectivity index (χ3n) is 4.32. The predicted octanol–water partition coefficient (Wildman–Crippen LogP) is 2.37. The fourth-order valence-electron chi connectivity index (χ4n) is 3.00. The zero-order valence-electron chi connectivity index (χ0n) is 12.6. The Hall–Kier alpha value is -1.29. The van der Waals surface area contributed by atoms with E-state index >= 15 is 0 Å². The SMILES string of the molecule is COc1cnc(C)cc1N(CC1CC1)CC1CCCN1. The summed E-state index contributed by atoms with van der Waals surface area (Å²) in [6.07, 6.45) is 7.19. The summed E-state index contributed by atoms with van der Waals surface area (Å²) in [6, 6.07) is 2.78. The molecule has 1 saturated carbocycles. The first-order chi connectivity index (χ1) is 9.76. The van der Waals surface area contributed by atoms with Crippen LogP contribution in [-0.2, 0) is 0 Å². The second-order valence-corrected chi connectivity index (χ2v) is 6.14. The normalized spacial score (nSPS) is 22.0. The molecule has 4 heteroatoms. The number of aromatic nitrogens is 1. The van der Waals surface area contributed by atoms with Crippen molar-refractivity contribution in [3.05, 3.63) is 18.0 Å². The first-order valence-corrected chi connectivity index (χ1v) is 7.75. The highest BCUT2D eigenvalue weighted by molar-refractivity contribution is 5.58. The Labute approximate surface area is 121 Å².